The van der Waals surface area contributed by atoms with E-state index < -0.39 is 0 Å². The molecule has 18 heavy (non-hydrogen) atoms. The average Bonchev–Trinajstić information content (AvgIpc) is 2.27. The lowest BCUT2D eigenvalue weighted by Gasteiger charge is -2.07. The number of fused-ring (bicyclic) bond motifs is 3. The third-order valence-corrected chi connectivity index (χ3v) is 3.29. The maximum Gasteiger partial charge on any atom is 0.259 e. The zero-order chi connectivity index (χ0) is 12.9. The van der Waals surface area contributed by atoms with Crippen LogP contribution in [0.2, 0.25) is 0 Å². The van der Waals surface area contributed by atoms with Crippen molar-refractivity contribution in [1.82, 2.24) is 9.97 Å². The SMILES string of the molecule is Cc1ccc2c(C)cc3nc(C)[nH]c(=O)c3c2c1. The highest BCUT2D eigenvalue weighted by atomic mass is 16.1. The quantitative estimate of drug-likeness (QED) is 0.612. The molecule has 3 aromatic rings. The van der Waals surface area contributed by atoms with Crippen LogP contribution in [0.3, 0.4) is 0 Å². The van der Waals surface area contributed by atoms with E-state index in [2.05, 4.69) is 35.1 Å². The standard InChI is InChI=1S/C15H14N2O/c1-8-4-5-11-9(2)7-13-14(12(11)6-8)15(18)17-10(3)16-13/h4-7H,1-3H3,(H,16,17,18). The van der Waals surface area contributed by atoms with E-state index >= 15 is 0 Å². The molecule has 1 N–H and O–H groups in total. The smallest absolute Gasteiger partial charge is 0.259 e. The Hall–Kier alpha value is -2.16. The van der Waals surface area contributed by atoms with E-state index in [9.17, 15) is 4.79 Å². The number of aromatic nitrogens is 2. The zero-order valence-corrected chi connectivity index (χ0v) is 10.7. The summed E-state index contributed by atoms with van der Waals surface area (Å²) in [7, 11) is 0. The molecule has 3 rings (SSSR count). The Bertz CT molecular complexity index is 831. The second-order valence-corrected chi connectivity index (χ2v) is 4.79. The number of nitrogens with one attached hydrogen (secondary N) is 1. The van der Waals surface area contributed by atoms with Gasteiger partial charge >= 0.3 is 0 Å². The Kier molecular flexibility index (Phi) is 2.23. The Balaban J connectivity index is 2.67. The molecule has 0 fully saturated rings. The van der Waals surface area contributed by atoms with E-state index in [-0.39, 0.29) is 5.56 Å². The lowest BCUT2D eigenvalue weighted by Crippen LogP contribution is -2.10. The molecule has 0 bridgehead atoms. The van der Waals surface area contributed by atoms with Gasteiger partial charge in [0.25, 0.3) is 5.56 Å². The van der Waals surface area contributed by atoms with Crippen LogP contribution >= 0.6 is 0 Å². The molecule has 0 unspecified atom stereocenters. The van der Waals surface area contributed by atoms with Gasteiger partial charge in [0.05, 0.1) is 10.9 Å². The van der Waals surface area contributed by atoms with Crippen LogP contribution in [0.4, 0.5) is 0 Å². The number of H-pyrrole nitrogens is 1. The van der Waals surface area contributed by atoms with Crippen LogP contribution in [-0.2, 0) is 0 Å². The van der Waals surface area contributed by atoms with Crippen LogP contribution in [0, 0.1) is 20.8 Å². The van der Waals surface area contributed by atoms with Gasteiger partial charge in [0, 0.05) is 0 Å². The first-order valence-corrected chi connectivity index (χ1v) is 5.97. The van der Waals surface area contributed by atoms with E-state index in [1.807, 2.05) is 13.0 Å². The first-order valence-electron chi connectivity index (χ1n) is 5.97. The molecule has 1 heterocycles. The summed E-state index contributed by atoms with van der Waals surface area (Å²) in [6, 6.07) is 8.17. The van der Waals surface area contributed by atoms with Gasteiger partial charge in [0.2, 0.25) is 0 Å². The summed E-state index contributed by atoms with van der Waals surface area (Å²) in [6.07, 6.45) is 0. The Morgan fingerprint density at radius 2 is 1.83 bits per heavy atom. The largest absolute Gasteiger partial charge is 0.310 e. The van der Waals surface area contributed by atoms with Gasteiger partial charge in [-0.2, -0.15) is 0 Å². The maximum absolute atomic E-state index is 12.1. The number of benzene rings is 2. The molecule has 2 aromatic carbocycles. The van der Waals surface area contributed by atoms with Crippen molar-refractivity contribution in [3.63, 3.8) is 0 Å². The molecule has 0 atom stereocenters. The van der Waals surface area contributed by atoms with E-state index in [0.29, 0.717) is 11.2 Å². The summed E-state index contributed by atoms with van der Waals surface area (Å²) < 4.78 is 0. The molecule has 3 heteroatoms. The lowest BCUT2D eigenvalue weighted by atomic mass is 9.99. The van der Waals surface area contributed by atoms with Gasteiger partial charge in [0.1, 0.15) is 5.82 Å². The zero-order valence-electron chi connectivity index (χ0n) is 10.7. The molecule has 0 saturated heterocycles. The molecule has 0 aliphatic heterocycles. The molecular weight excluding hydrogens is 224 g/mol. The molecule has 1 aromatic heterocycles. The highest BCUT2D eigenvalue weighted by molar-refractivity contribution is 6.07. The van der Waals surface area contributed by atoms with Gasteiger partial charge in [-0.05, 0) is 43.2 Å². The van der Waals surface area contributed by atoms with Crippen molar-refractivity contribution >= 4 is 21.7 Å². The number of rotatable bonds is 0. The average molecular weight is 238 g/mol. The van der Waals surface area contributed by atoms with Crippen molar-refractivity contribution in [3.05, 3.63) is 51.6 Å². The van der Waals surface area contributed by atoms with Gasteiger partial charge < -0.3 is 4.98 Å². The highest BCUT2D eigenvalue weighted by Crippen LogP contribution is 2.26. The molecule has 0 radical (unpaired) electrons. The number of aryl methyl sites for hydroxylation is 3. The van der Waals surface area contributed by atoms with Crippen molar-refractivity contribution in [3.8, 4) is 0 Å². The molecule has 0 saturated carbocycles. The lowest BCUT2D eigenvalue weighted by molar-refractivity contribution is 1.06. The summed E-state index contributed by atoms with van der Waals surface area (Å²) in [5.74, 6) is 0.652. The summed E-state index contributed by atoms with van der Waals surface area (Å²) in [5, 5.41) is 2.79. The molecule has 0 aliphatic rings. The van der Waals surface area contributed by atoms with Crippen LogP contribution in [0.25, 0.3) is 21.7 Å². The molecule has 90 valence electrons. The summed E-state index contributed by atoms with van der Waals surface area (Å²) in [4.78, 5) is 19.3. The minimum absolute atomic E-state index is 0.0619. The van der Waals surface area contributed by atoms with Crippen LogP contribution in [-0.4, -0.2) is 9.97 Å². The first kappa shape index (κ1) is 11.0. The van der Waals surface area contributed by atoms with Gasteiger partial charge in [-0.15, -0.1) is 0 Å². The van der Waals surface area contributed by atoms with E-state index in [4.69, 9.17) is 0 Å². The highest BCUT2D eigenvalue weighted by Gasteiger charge is 2.09. The molecular formula is C15H14N2O. The van der Waals surface area contributed by atoms with Crippen LogP contribution < -0.4 is 5.56 Å². The number of hydrogen-bond acceptors (Lipinski definition) is 2. The fraction of sp³-hybridized carbons (Fsp3) is 0.200. The predicted octanol–water partition coefficient (Wildman–Crippen LogP) is 3.00. The minimum Gasteiger partial charge on any atom is -0.310 e. The van der Waals surface area contributed by atoms with Crippen molar-refractivity contribution in [2.75, 3.05) is 0 Å². The second kappa shape index (κ2) is 3.67. The summed E-state index contributed by atoms with van der Waals surface area (Å²) >= 11 is 0. The number of nitrogens with zero attached hydrogens (tertiary/aromatic N) is 1. The predicted molar refractivity (Wildman–Crippen MR) is 74.1 cm³/mol. The molecule has 0 amide bonds. The monoisotopic (exact) mass is 238 g/mol. The fourth-order valence-electron chi connectivity index (χ4n) is 2.46. The van der Waals surface area contributed by atoms with Crippen LogP contribution in [0.1, 0.15) is 17.0 Å². The first-order chi connectivity index (χ1) is 8.56. The van der Waals surface area contributed by atoms with Gasteiger partial charge in [0.15, 0.2) is 0 Å². The third kappa shape index (κ3) is 1.51. The van der Waals surface area contributed by atoms with Gasteiger partial charge in [-0.25, -0.2) is 4.98 Å². The number of hydrogen-bond donors (Lipinski definition) is 1. The molecule has 3 nitrogen and oxygen atoms in total. The van der Waals surface area contributed by atoms with Crippen molar-refractivity contribution in [1.29, 1.82) is 0 Å². The Morgan fingerprint density at radius 3 is 2.61 bits per heavy atom. The Labute approximate surface area is 104 Å². The summed E-state index contributed by atoms with van der Waals surface area (Å²) in [5.41, 5.74) is 3.00. The minimum atomic E-state index is -0.0619. The fourth-order valence-corrected chi connectivity index (χ4v) is 2.46. The summed E-state index contributed by atoms with van der Waals surface area (Å²) in [6.45, 7) is 5.88. The third-order valence-electron chi connectivity index (χ3n) is 3.29. The van der Waals surface area contributed by atoms with E-state index in [1.54, 1.807) is 6.92 Å². The van der Waals surface area contributed by atoms with Gasteiger partial charge in [-0.1, -0.05) is 23.8 Å². The normalized spacial score (nSPS) is 11.3. The van der Waals surface area contributed by atoms with Crippen molar-refractivity contribution in [2.24, 2.45) is 0 Å². The maximum atomic E-state index is 12.1. The van der Waals surface area contributed by atoms with Crippen LogP contribution in [0.15, 0.2) is 29.1 Å². The number of aromatic amines is 1. The van der Waals surface area contributed by atoms with E-state index in [0.717, 1.165) is 27.4 Å². The molecule has 0 aliphatic carbocycles. The molecule has 0 spiro atoms. The van der Waals surface area contributed by atoms with Crippen molar-refractivity contribution in [2.45, 2.75) is 20.8 Å². The van der Waals surface area contributed by atoms with Crippen LogP contribution in [0.5, 0.6) is 0 Å². The van der Waals surface area contributed by atoms with E-state index in [1.165, 1.54) is 0 Å². The second-order valence-electron chi connectivity index (χ2n) is 4.79. The van der Waals surface area contributed by atoms with Gasteiger partial charge in [-0.3, -0.25) is 4.79 Å². The Morgan fingerprint density at radius 1 is 1.06 bits per heavy atom. The topological polar surface area (TPSA) is 45.8 Å². The van der Waals surface area contributed by atoms with Crippen molar-refractivity contribution < 1.29 is 0 Å².